The van der Waals surface area contributed by atoms with Gasteiger partial charge in [0.25, 0.3) is 5.91 Å². The summed E-state index contributed by atoms with van der Waals surface area (Å²) in [6.07, 6.45) is 3.92. The number of hydrogen-bond acceptors (Lipinski definition) is 8. The number of amides is 1. The molecule has 10 heteroatoms. The highest BCUT2D eigenvalue weighted by molar-refractivity contribution is 5.93. The number of anilines is 2. The number of fused-ring (bicyclic) bond motifs is 1. The van der Waals surface area contributed by atoms with Crippen LogP contribution in [0.25, 0.3) is 11.4 Å². The number of rotatable bonds is 4. The van der Waals surface area contributed by atoms with Gasteiger partial charge in [-0.05, 0) is 48.5 Å². The Hall–Kier alpha value is -4.21. The van der Waals surface area contributed by atoms with Crippen LogP contribution in [0.1, 0.15) is 27.4 Å². The Kier molecular flexibility index (Phi) is 5.02. The average Bonchev–Trinajstić information content (AvgIpc) is 3.26. The van der Waals surface area contributed by atoms with Crippen molar-refractivity contribution in [2.24, 2.45) is 0 Å². The van der Waals surface area contributed by atoms with Gasteiger partial charge in [-0.3, -0.25) is 9.78 Å². The molecule has 0 spiro atoms. The van der Waals surface area contributed by atoms with Crippen LogP contribution in [0.3, 0.4) is 0 Å². The minimum Gasteiger partial charge on any atom is -0.340 e. The molecule has 0 atom stereocenters. The van der Waals surface area contributed by atoms with Crippen LogP contribution in [-0.4, -0.2) is 42.6 Å². The van der Waals surface area contributed by atoms with Crippen molar-refractivity contribution in [2.75, 3.05) is 11.9 Å². The summed E-state index contributed by atoms with van der Waals surface area (Å²) < 4.78 is 18.1. The van der Waals surface area contributed by atoms with Crippen molar-refractivity contribution in [3.05, 3.63) is 77.3 Å². The van der Waals surface area contributed by atoms with Crippen LogP contribution in [0.2, 0.25) is 0 Å². The standard InChI is InChI=1S/C22H18FN7O2/c1-13-19(29-32-28-13)22(31)30-10-8-18-17(12-30)21(25-16-6-4-15(23)5-7-16)27-20(26-18)14-3-2-9-24-11-14/h2-7,9,11H,8,10,12H2,1H3,(H,25,26,27). The zero-order chi connectivity index (χ0) is 22.1. The highest BCUT2D eigenvalue weighted by Crippen LogP contribution is 2.30. The molecule has 0 aliphatic carbocycles. The van der Waals surface area contributed by atoms with E-state index in [9.17, 15) is 9.18 Å². The van der Waals surface area contributed by atoms with Crippen molar-refractivity contribution >= 4 is 17.4 Å². The summed E-state index contributed by atoms with van der Waals surface area (Å²) in [5.74, 6) is 0.480. The maximum absolute atomic E-state index is 13.4. The lowest BCUT2D eigenvalue weighted by Gasteiger charge is -2.29. The minimum atomic E-state index is -0.329. The Morgan fingerprint density at radius 2 is 2.00 bits per heavy atom. The van der Waals surface area contributed by atoms with Crippen molar-refractivity contribution in [3.63, 3.8) is 0 Å². The molecule has 0 bridgehead atoms. The summed E-state index contributed by atoms with van der Waals surface area (Å²) in [5.41, 5.74) is 3.70. The lowest BCUT2D eigenvalue weighted by atomic mass is 10.0. The molecule has 0 saturated carbocycles. The van der Waals surface area contributed by atoms with Crippen LogP contribution in [0.5, 0.6) is 0 Å². The number of halogens is 1. The van der Waals surface area contributed by atoms with Crippen molar-refractivity contribution in [2.45, 2.75) is 19.9 Å². The SMILES string of the molecule is Cc1nonc1C(=O)N1CCc2nc(-c3cccnc3)nc(Nc3ccc(F)cc3)c2C1. The molecule has 3 aromatic heterocycles. The molecule has 4 heterocycles. The van der Waals surface area contributed by atoms with E-state index in [1.807, 2.05) is 12.1 Å². The molecular formula is C22H18FN7O2. The largest absolute Gasteiger partial charge is 0.340 e. The first-order valence-electron chi connectivity index (χ1n) is 9.99. The van der Waals surface area contributed by atoms with E-state index < -0.39 is 0 Å². The summed E-state index contributed by atoms with van der Waals surface area (Å²) in [7, 11) is 0. The smallest absolute Gasteiger partial charge is 0.278 e. The van der Waals surface area contributed by atoms with Gasteiger partial charge >= 0.3 is 0 Å². The molecule has 5 rings (SSSR count). The fourth-order valence-electron chi connectivity index (χ4n) is 3.56. The van der Waals surface area contributed by atoms with Crippen molar-refractivity contribution in [1.82, 2.24) is 30.2 Å². The monoisotopic (exact) mass is 431 g/mol. The van der Waals surface area contributed by atoms with E-state index in [1.54, 1.807) is 36.4 Å². The molecule has 4 aromatic rings. The second-order valence-electron chi connectivity index (χ2n) is 7.37. The van der Waals surface area contributed by atoms with Crippen LogP contribution in [-0.2, 0) is 13.0 Å². The van der Waals surface area contributed by atoms with Gasteiger partial charge in [-0.15, -0.1) is 0 Å². The van der Waals surface area contributed by atoms with Gasteiger partial charge in [-0.25, -0.2) is 19.0 Å². The third kappa shape index (κ3) is 3.78. The van der Waals surface area contributed by atoms with Crippen LogP contribution in [0, 0.1) is 12.7 Å². The lowest BCUT2D eigenvalue weighted by molar-refractivity contribution is 0.0722. The van der Waals surface area contributed by atoms with Crippen molar-refractivity contribution < 1.29 is 13.8 Å². The van der Waals surface area contributed by atoms with E-state index >= 15 is 0 Å². The van der Waals surface area contributed by atoms with Gasteiger partial charge in [-0.2, -0.15) is 0 Å². The predicted molar refractivity (Wildman–Crippen MR) is 112 cm³/mol. The Bertz CT molecular complexity index is 1280. The fourth-order valence-corrected chi connectivity index (χ4v) is 3.56. The number of aryl methyl sites for hydroxylation is 1. The molecule has 160 valence electrons. The molecule has 1 aliphatic heterocycles. The van der Waals surface area contributed by atoms with Gasteiger partial charge in [0.15, 0.2) is 11.5 Å². The fraction of sp³-hybridized carbons (Fsp3) is 0.182. The zero-order valence-corrected chi connectivity index (χ0v) is 17.1. The third-order valence-electron chi connectivity index (χ3n) is 5.23. The Morgan fingerprint density at radius 3 is 2.72 bits per heavy atom. The quantitative estimate of drug-likeness (QED) is 0.524. The van der Waals surface area contributed by atoms with E-state index in [4.69, 9.17) is 9.97 Å². The van der Waals surface area contributed by atoms with Gasteiger partial charge in [0, 0.05) is 42.2 Å². The first-order chi connectivity index (χ1) is 15.6. The molecule has 0 radical (unpaired) electrons. The molecule has 32 heavy (non-hydrogen) atoms. The number of carbonyl (C=O) groups excluding carboxylic acids is 1. The highest BCUT2D eigenvalue weighted by atomic mass is 19.1. The lowest BCUT2D eigenvalue weighted by Crippen LogP contribution is -2.37. The third-order valence-corrected chi connectivity index (χ3v) is 5.23. The second-order valence-corrected chi connectivity index (χ2v) is 7.37. The molecule has 1 aromatic carbocycles. The van der Waals surface area contributed by atoms with Crippen LogP contribution >= 0.6 is 0 Å². The second kappa shape index (κ2) is 8.14. The predicted octanol–water partition coefficient (Wildman–Crippen LogP) is 3.31. The number of hydrogen-bond donors (Lipinski definition) is 1. The van der Waals surface area contributed by atoms with Crippen LogP contribution in [0.15, 0.2) is 53.4 Å². The van der Waals surface area contributed by atoms with Crippen LogP contribution in [0.4, 0.5) is 15.9 Å². The Balaban J connectivity index is 1.53. The van der Waals surface area contributed by atoms with E-state index in [0.29, 0.717) is 36.0 Å². The maximum Gasteiger partial charge on any atom is 0.278 e. The molecule has 1 amide bonds. The van der Waals surface area contributed by atoms with E-state index in [1.165, 1.54) is 12.1 Å². The highest BCUT2D eigenvalue weighted by Gasteiger charge is 2.29. The summed E-state index contributed by atoms with van der Waals surface area (Å²) in [6.45, 7) is 2.43. The van der Waals surface area contributed by atoms with Gasteiger partial charge in [0.2, 0.25) is 0 Å². The Morgan fingerprint density at radius 1 is 1.16 bits per heavy atom. The summed E-state index contributed by atoms with van der Waals surface area (Å²) in [4.78, 5) is 28.2. The summed E-state index contributed by atoms with van der Waals surface area (Å²) in [6, 6.07) is 9.70. The molecule has 0 unspecified atom stereocenters. The van der Waals surface area contributed by atoms with E-state index in [0.717, 1.165) is 16.8 Å². The van der Waals surface area contributed by atoms with Gasteiger partial charge < -0.3 is 10.2 Å². The molecule has 0 fully saturated rings. The number of nitrogens with zero attached hydrogens (tertiary/aromatic N) is 6. The van der Waals surface area contributed by atoms with Crippen molar-refractivity contribution in [3.8, 4) is 11.4 Å². The van der Waals surface area contributed by atoms with Gasteiger partial charge in [-0.1, -0.05) is 5.16 Å². The van der Waals surface area contributed by atoms with Crippen LogP contribution < -0.4 is 5.32 Å². The van der Waals surface area contributed by atoms with Gasteiger partial charge in [0.1, 0.15) is 17.3 Å². The van der Waals surface area contributed by atoms with E-state index in [2.05, 4.69) is 25.2 Å². The first kappa shape index (κ1) is 19.7. The normalized spacial score (nSPS) is 13.0. The number of benzene rings is 1. The number of pyridine rings is 1. The zero-order valence-electron chi connectivity index (χ0n) is 17.1. The number of carbonyl (C=O) groups is 1. The molecule has 0 saturated heterocycles. The average molecular weight is 431 g/mol. The number of aromatic nitrogens is 5. The summed E-state index contributed by atoms with van der Waals surface area (Å²) in [5, 5.41) is 10.7. The molecule has 1 N–H and O–H groups in total. The van der Waals surface area contributed by atoms with Gasteiger partial charge in [0.05, 0.1) is 12.2 Å². The first-order valence-corrected chi connectivity index (χ1v) is 9.99. The molecular weight excluding hydrogens is 413 g/mol. The molecule has 1 aliphatic rings. The van der Waals surface area contributed by atoms with Crippen molar-refractivity contribution in [1.29, 1.82) is 0 Å². The van der Waals surface area contributed by atoms with E-state index in [-0.39, 0.29) is 24.0 Å². The topological polar surface area (TPSA) is 110 Å². The number of nitrogens with one attached hydrogen (secondary N) is 1. The maximum atomic E-state index is 13.4. The Labute approximate surface area is 182 Å². The minimum absolute atomic E-state index is 0.189. The summed E-state index contributed by atoms with van der Waals surface area (Å²) >= 11 is 0. The molecule has 9 nitrogen and oxygen atoms in total.